The minimum atomic E-state index is -0.536. The second kappa shape index (κ2) is 3.26. The van der Waals surface area contributed by atoms with E-state index in [4.69, 9.17) is 16.3 Å². The maximum absolute atomic E-state index is 10.6. The molecule has 6 heteroatoms. The van der Waals surface area contributed by atoms with Gasteiger partial charge in [-0.05, 0) is 6.07 Å². The quantitative estimate of drug-likeness (QED) is 0.530. The van der Waals surface area contributed by atoms with Crippen LogP contribution in [-0.4, -0.2) is 17.7 Å². The second-order valence-corrected chi connectivity index (χ2v) is 3.09. The first-order chi connectivity index (χ1) is 6.68. The molecule has 0 atom stereocenters. The van der Waals surface area contributed by atoms with Gasteiger partial charge in [-0.1, -0.05) is 11.6 Å². The summed E-state index contributed by atoms with van der Waals surface area (Å²) in [4.78, 5) is 14.1. The summed E-state index contributed by atoms with van der Waals surface area (Å²) in [6.07, 6.45) is 1.53. The second-order valence-electron chi connectivity index (χ2n) is 2.65. The number of nitrogens with zero attached hydrogens (tertiary/aromatic N) is 2. The molecule has 0 bridgehead atoms. The monoisotopic (exact) mass is 212 g/mol. The molecule has 2 rings (SSSR count). The number of rotatable bonds is 1. The third-order valence-corrected chi connectivity index (χ3v) is 1.96. The van der Waals surface area contributed by atoms with E-state index in [2.05, 4.69) is 4.99 Å². The van der Waals surface area contributed by atoms with E-state index in [1.54, 1.807) is 0 Å². The van der Waals surface area contributed by atoms with Gasteiger partial charge < -0.3 is 4.74 Å². The van der Waals surface area contributed by atoms with Gasteiger partial charge in [-0.3, -0.25) is 15.1 Å². The van der Waals surface area contributed by atoms with Crippen LogP contribution in [0.1, 0.15) is 0 Å². The lowest BCUT2D eigenvalue weighted by molar-refractivity contribution is -0.385. The van der Waals surface area contributed by atoms with Crippen LogP contribution < -0.4 is 4.74 Å². The van der Waals surface area contributed by atoms with Crippen LogP contribution >= 0.6 is 11.6 Å². The van der Waals surface area contributed by atoms with Crippen molar-refractivity contribution in [2.45, 2.75) is 0 Å². The molecule has 0 amide bonds. The van der Waals surface area contributed by atoms with E-state index in [-0.39, 0.29) is 23.1 Å². The van der Waals surface area contributed by atoms with Gasteiger partial charge in [0.25, 0.3) is 0 Å². The van der Waals surface area contributed by atoms with E-state index in [0.717, 1.165) is 0 Å². The zero-order chi connectivity index (χ0) is 10.1. The summed E-state index contributed by atoms with van der Waals surface area (Å²) < 4.78 is 5.12. The topological polar surface area (TPSA) is 64.7 Å². The predicted molar refractivity (Wildman–Crippen MR) is 51.8 cm³/mol. The molecule has 0 unspecified atom stereocenters. The van der Waals surface area contributed by atoms with Gasteiger partial charge in [0.2, 0.25) is 5.75 Å². The van der Waals surface area contributed by atoms with Crippen LogP contribution in [0.15, 0.2) is 17.1 Å². The van der Waals surface area contributed by atoms with Gasteiger partial charge in [0.05, 0.1) is 4.92 Å². The Bertz CT molecular complexity index is 431. The number of hydrogen-bond acceptors (Lipinski definition) is 4. The Morgan fingerprint density at radius 3 is 3.07 bits per heavy atom. The average Bonchev–Trinajstić information content (AvgIpc) is 2.16. The molecule has 0 saturated carbocycles. The van der Waals surface area contributed by atoms with E-state index in [1.165, 1.54) is 18.3 Å². The Balaban J connectivity index is 2.65. The number of halogens is 1. The van der Waals surface area contributed by atoms with Gasteiger partial charge in [0.1, 0.15) is 12.3 Å². The molecule has 0 aliphatic carbocycles. The van der Waals surface area contributed by atoms with E-state index in [0.29, 0.717) is 5.69 Å². The Morgan fingerprint density at radius 1 is 1.57 bits per heavy atom. The maximum Gasteiger partial charge on any atom is 0.314 e. The van der Waals surface area contributed by atoms with Crippen molar-refractivity contribution in [1.29, 1.82) is 0 Å². The minimum absolute atomic E-state index is 0.149. The van der Waals surface area contributed by atoms with Crippen LogP contribution in [0.4, 0.5) is 11.4 Å². The molecule has 0 saturated heterocycles. The molecule has 5 nitrogen and oxygen atoms in total. The van der Waals surface area contributed by atoms with Crippen molar-refractivity contribution in [3.05, 3.63) is 27.3 Å². The Kier molecular flexibility index (Phi) is 2.09. The summed E-state index contributed by atoms with van der Waals surface area (Å²) in [5.74, 6) is 0.182. The molecule has 1 heterocycles. The molecule has 72 valence electrons. The van der Waals surface area contributed by atoms with E-state index in [9.17, 15) is 10.1 Å². The van der Waals surface area contributed by atoms with Crippen molar-refractivity contribution >= 4 is 29.2 Å². The fourth-order valence-corrected chi connectivity index (χ4v) is 1.41. The molecule has 1 aromatic carbocycles. The number of hydrogen-bond donors (Lipinski definition) is 0. The minimum Gasteiger partial charge on any atom is -0.479 e. The summed E-state index contributed by atoms with van der Waals surface area (Å²) in [6.45, 7) is 0.246. The van der Waals surface area contributed by atoms with Gasteiger partial charge in [-0.25, -0.2) is 0 Å². The molecular weight excluding hydrogens is 208 g/mol. The molecule has 0 radical (unpaired) electrons. The highest BCUT2D eigenvalue weighted by Crippen LogP contribution is 2.40. The van der Waals surface area contributed by atoms with Crippen molar-refractivity contribution in [3.63, 3.8) is 0 Å². The molecule has 0 fully saturated rings. The number of fused-ring (bicyclic) bond motifs is 1. The molecular formula is C8H5ClN2O3. The molecule has 0 aromatic heterocycles. The van der Waals surface area contributed by atoms with Crippen molar-refractivity contribution in [1.82, 2.24) is 0 Å². The normalized spacial score (nSPS) is 13.2. The third kappa shape index (κ3) is 1.42. The average molecular weight is 213 g/mol. The van der Waals surface area contributed by atoms with E-state index in [1.807, 2.05) is 0 Å². The molecule has 1 aliphatic rings. The van der Waals surface area contributed by atoms with Crippen molar-refractivity contribution < 1.29 is 9.66 Å². The lowest BCUT2D eigenvalue weighted by Crippen LogP contribution is -2.05. The van der Waals surface area contributed by atoms with Crippen LogP contribution in [-0.2, 0) is 0 Å². The van der Waals surface area contributed by atoms with E-state index >= 15 is 0 Å². The van der Waals surface area contributed by atoms with Crippen molar-refractivity contribution in [2.75, 3.05) is 6.61 Å². The van der Waals surface area contributed by atoms with Crippen molar-refractivity contribution in [2.24, 2.45) is 4.99 Å². The number of benzene rings is 1. The predicted octanol–water partition coefficient (Wildman–Crippen LogP) is 2.34. The Hall–Kier alpha value is -1.62. The van der Waals surface area contributed by atoms with Crippen LogP contribution in [0.5, 0.6) is 5.75 Å². The molecule has 0 spiro atoms. The highest BCUT2D eigenvalue weighted by molar-refractivity contribution is 6.31. The fraction of sp³-hybridized carbons (Fsp3) is 0.125. The largest absolute Gasteiger partial charge is 0.479 e. The summed E-state index contributed by atoms with van der Waals surface area (Å²) >= 11 is 5.69. The first kappa shape index (κ1) is 8.96. The highest BCUT2D eigenvalue weighted by Gasteiger charge is 2.22. The SMILES string of the molecule is O=[N+]([O-])c1cc(Cl)cc2c1OCC=N2. The fourth-order valence-electron chi connectivity index (χ4n) is 1.20. The van der Waals surface area contributed by atoms with Crippen molar-refractivity contribution in [3.8, 4) is 5.75 Å². The first-order valence-electron chi connectivity index (χ1n) is 3.82. The van der Waals surface area contributed by atoms with Gasteiger partial charge in [-0.2, -0.15) is 0 Å². The smallest absolute Gasteiger partial charge is 0.314 e. The zero-order valence-corrected chi connectivity index (χ0v) is 7.69. The number of nitro groups is 1. The number of nitro benzene ring substituents is 1. The van der Waals surface area contributed by atoms with Gasteiger partial charge in [0, 0.05) is 17.3 Å². The Labute approximate surface area is 84.1 Å². The van der Waals surface area contributed by atoms with Gasteiger partial charge in [0.15, 0.2) is 0 Å². The summed E-state index contributed by atoms with van der Waals surface area (Å²) in [5.41, 5.74) is 0.250. The lowest BCUT2D eigenvalue weighted by atomic mass is 10.2. The zero-order valence-electron chi connectivity index (χ0n) is 6.94. The third-order valence-electron chi connectivity index (χ3n) is 1.74. The van der Waals surface area contributed by atoms with Crippen LogP contribution in [0, 0.1) is 10.1 Å². The van der Waals surface area contributed by atoms with E-state index < -0.39 is 4.92 Å². The van der Waals surface area contributed by atoms with Crippen LogP contribution in [0.3, 0.4) is 0 Å². The lowest BCUT2D eigenvalue weighted by Gasteiger charge is -2.11. The van der Waals surface area contributed by atoms with Crippen LogP contribution in [0.2, 0.25) is 5.02 Å². The summed E-state index contributed by atoms with van der Waals surface area (Å²) in [7, 11) is 0. The summed E-state index contributed by atoms with van der Waals surface area (Å²) in [5, 5.41) is 10.9. The number of ether oxygens (including phenoxy) is 1. The van der Waals surface area contributed by atoms with Gasteiger partial charge >= 0.3 is 5.69 Å². The standard InChI is InChI=1S/C8H5ClN2O3/c9-5-3-6-8(14-2-1-10-6)7(4-5)11(12)13/h1,3-4H,2H2. The highest BCUT2D eigenvalue weighted by atomic mass is 35.5. The molecule has 0 N–H and O–H groups in total. The molecule has 1 aromatic rings. The summed E-state index contributed by atoms with van der Waals surface area (Å²) in [6, 6.07) is 2.78. The first-order valence-corrected chi connectivity index (χ1v) is 4.19. The molecule has 1 aliphatic heterocycles. The molecule has 14 heavy (non-hydrogen) atoms. The van der Waals surface area contributed by atoms with Gasteiger partial charge in [-0.15, -0.1) is 0 Å². The Morgan fingerprint density at radius 2 is 2.36 bits per heavy atom. The number of aliphatic imine (C=N–C) groups is 1. The maximum atomic E-state index is 10.6. The van der Waals surface area contributed by atoms with Crippen LogP contribution in [0.25, 0.3) is 0 Å².